The number of fused-ring (bicyclic) bond motifs is 2. The Morgan fingerprint density at radius 3 is 2.76 bits per heavy atom. The highest BCUT2D eigenvalue weighted by Crippen LogP contribution is 2.35. The Labute approximate surface area is 245 Å². The molecule has 7 rings (SSSR count). The molecule has 0 radical (unpaired) electrons. The highest BCUT2D eigenvalue weighted by Gasteiger charge is 2.23. The predicted molar refractivity (Wildman–Crippen MR) is 168 cm³/mol. The number of rotatable bonds is 5. The third-order valence-electron chi connectivity index (χ3n) is 8.33. The van der Waals surface area contributed by atoms with Crippen LogP contribution in [-0.2, 0) is 19.5 Å². The summed E-state index contributed by atoms with van der Waals surface area (Å²) in [6.07, 6.45) is 16.0. The topological polar surface area (TPSA) is 82.9 Å². The summed E-state index contributed by atoms with van der Waals surface area (Å²) in [7, 11) is 0. The molecule has 0 atom stereocenters. The second kappa shape index (κ2) is 11.6. The van der Waals surface area contributed by atoms with Gasteiger partial charge in [-0.3, -0.25) is 9.88 Å². The Morgan fingerprint density at radius 1 is 0.951 bits per heavy atom. The number of hydrogen-bond donors (Lipinski definition) is 3. The molecule has 0 saturated carbocycles. The third-order valence-corrected chi connectivity index (χ3v) is 9.02. The Hall–Kier alpha value is -3.78. The fourth-order valence-corrected chi connectivity index (χ4v) is 6.87. The lowest BCUT2D eigenvalue weighted by atomic mass is 9.92. The van der Waals surface area contributed by atoms with E-state index in [-0.39, 0.29) is 0 Å². The molecular weight excluding hydrogens is 524 g/mol. The second-order valence-corrected chi connectivity index (χ2v) is 12.1. The van der Waals surface area contributed by atoms with Crippen molar-refractivity contribution in [1.29, 1.82) is 0 Å². The number of nitrogens with two attached hydrogens (primary N) is 1. The first kappa shape index (κ1) is 26.1. The molecule has 41 heavy (non-hydrogen) atoms. The number of aromatic amines is 1. The Bertz CT molecular complexity index is 1640. The first-order chi connectivity index (χ1) is 20.2. The molecule has 4 N–H and O–H groups in total. The van der Waals surface area contributed by atoms with E-state index in [4.69, 9.17) is 10.7 Å². The Kier molecular flexibility index (Phi) is 7.40. The molecule has 0 unspecified atom stereocenters. The van der Waals surface area contributed by atoms with Crippen molar-refractivity contribution < 1.29 is 0 Å². The summed E-state index contributed by atoms with van der Waals surface area (Å²) in [5, 5.41) is 7.88. The summed E-state index contributed by atoms with van der Waals surface area (Å²) in [5.41, 5.74) is 18.8. The lowest BCUT2D eigenvalue weighted by Crippen LogP contribution is -2.29. The molecule has 2 aliphatic heterocycles. The normalized spacial score (nSPS) is 19.1. The number of imidazole rings is 1. The van der Waals surface area contributed by atoms with Crippen molar-refractivity contribution in [3.05, 3.63) is 117 Å². The summed E-state index contributed by atoms with van der Waals surface area (Å²) < 4.78 is 0. The lowest BCUT2D eigenvalue weighted by Gasteiger charge is -2.26. The minimum atomic E-state index is 0.656. The van der Waals surface area contributed by atoms with Gasteiger partial charge in [0, 0.05) is 60.0 Å². The van der Waals surface area contributed by atoms with Crippen LogP contribution in [0.1, 0.15) is 65.1 Å². The maximum Gasteiger partial charge on any atom is 0.138 e. The van der Waals surface area contributed by atoms with Gasteiger partial charge in [0.1, 0.15) is 5.82 Å². The van der Waals surface area contributed by atoms with Gasteiger partial charge in [-0.15, -0.1) is 0 Å². The second-order valence-electron chi connectivity index (χ2n) is 11.3. The van der Waals surface area contributed by atoms with Gasteiger partial charge in [-0.25, -0.2) is 4.98 Å². The zero-order chi connectivity index (χ0) is 27.6. The van der Waals surface area contributed by atoms with E-state index in [0.717, 1.165) is 65.7 Å². The van der Waals surface area contributed by atoms with E-state index in [1.807, 2.05) is 18.5 Å². The molecule has 1 saturated heterocycles. The van der Waals surface area contributed by atoms with Gasteiger partial charge in [0.2, 0.25) is 0 Å². The summed E-state index contributed by atoms with van der Waals surface area (Å²) in [6.45, 7) is 5.10. The number of likely N-dealkylation sites (tertiary alicyclic amines) is 1. The lowest BCUT2D eigenvalue weighted by molar-refractivity contribution is 0.220. The molecule has 5 heterocycles. The van der Waals surface area contributed by atoms with E-state index in [2.05, 4.69) is 73.4 Å². The van der Waals surface area contributed by atoms with E-state index in [1.54, 1.807) is 11.3 Å². The fourth-order valence-electron chi connectivity index (χ4n) is 6.21. The number of nitrogens with zero attached hydrogens (tertiary/aromatic N) is 3. The highest BCUT2D eigenvalue weighted by atomic mass is 32.1. The van der Waals surface area contributed by atoms with Crippen LogP contribution in [0.2, 0.25) is 0 Å². The van der Waals surface area contributed by atoms with Crippen LogP contribution in [0.3, 0.4) is 0 Å². The summed E-state index contributed by atoms with van der Waals surface area (Å²) in [6, 6.07) is 11.3. The van der Waals surface area contributed by atoms with Gasteiger partial charge in [0.15, 0.2) is 0 Å². The van der Waals surface area contributed by atoms with Gasteiger partial charge < -0.3 is 16.0 Å². The van der Waals surface area contributed by atoms with Crippen LogP contribution in [-0.4, -0.2) is 39.5 Å². The first-order valence-electron chi connectivity index (χ1n) is 14.7. The summed E-state index contributed by atoms with van der Waals surface area (Å²) in [5.74, 6) is 0.906. The quantitative estimate of drug-likeness (QED) is 0.268. The zero-order valence-electron chi connectivity index (χ0n) is 23.3. The zero-order valence-corrected chi connectivity index (χ0v) is 24.1. The van der Waals surface area contributed by atoms with Gasteiger partial charge in [-0.05, 0) is 102 Å². The fraction of sp³-hybridized carbons (Fsp3) is 0.294. The van der Waals surface area contributed by atoms with E-state index in [9.17, 15) is 0 Å². The SMILES string of the molecule is NC1=CC=C(c2ccsc2)c2nc(/C3=C/CCNCc4ccc(-c5cncc(CN6CCCCC6)c5)cc43)[nH]c2C1. The number of H-pyrrole nitrogens is 1. The van der Waals surface area contributed by atoms with Crippen molar-refractivity contribution in [3.8, 4) is 11.1 Å². The molecular formula is C34H36N6S. The van der Waals surface area contributed by atoms with Crippen LogP contribution in [0.5, 0.6) is 0 Å². The van der Waals surface area contributed by atoms with Crippen molar-refractivity contribution in [3.63, 3.8) is 0 Å². The molecule has 7 heteroatoms. The molecule has 3 aliphatic rings. The third kappa shape index (κ3) is 5.58. The number of benzene rings is 1. The van der Waals surface area contributed by atoms with Crippen LogP contribution < -0.4 is 11.1 Å². The molecule has 6 nitrogen and oxygen atoms in total. The average molecular weight is 561 g/mol. The van der Waals surface area contributed by atoms with Crippen LogP contribution in [0.15, 0.2) is 77.4 Å². The molecule has 0 bridgehead atoms. The maximum absolute atomic E-state index is 6.37. The minimum Gasteiger partial charge on any atom is -0.402 e. The van der Waals surface area contributed by atoms with Gasteiger partial charge in [-0.1, -0.05) is 30.7 Å². The van der Waals surface area contributed by atoms with E-state index in [1.165, 1.54) is 60.2 Å². The van der Waals surface area contributed by atoms with E-state index in [0.29, 0.717) is 6.42 Å². The Morgan fingerprint density at radius 2 is 1.88 bits per heavy atom. The van der Waals surface area contributed by atoms with Crippen LogP contribution in [0.4, 0.5) is 0 Å². The highest BCUT2D eigenvalue weighted by molar-refractivity contribution is 7.08. The summed E-state index contributed by atoms with van der Waals surface area (Å²) >= 11 is 1.70. The number of piperidine rings is 1. The van der Waals surface area contributed by atoms with Gasteiger partial charge >= 0.3 is 0 Å². The Balaban J connectivity index is 1.26. The molecule has 208 valence electrons. The standard InChI is InChI=1S/C34H36N6S/c35-28-8-9-29(26-10-14-41-22-26)33-32(17-28)38-34(39-33)30-5-4-11-36-19-25-7-6-24(16-31(25)30)27-15-23(18-37-20-27)21-40-12-2-1-3-13-40/h5-10,14-16,18,20,22,36H,1-4,11-13,17,19,21,35H2,(H,38,39)/b30-5+. The van der Waals surface area contributed by atoms with Gasteiger partial charge in [0.25, 0.3) is 0 Å². The molecule has 0 spiro atoms. The number of aromatic nitrogens is 3. The number of allylic oxidation sites excluding steroid dienone is 3. The van der Waals surface area contributed by atoms with Crippen molar-refractivity contribution >= 4 is 22.5 Å². The number of thiophene rings is 1. The van der Waals surface area contributed by atoms with Crippen molar-refractivity contribution in [1.82, 2.24) is 25.2 Å². The largest absolute Gasteiger partial charge is 0.402 e. The van der Waals surface area contributed by atoms with Crippen molar-refractivity contribution in [2.75, 3.05) is 19.6 Å². The molecule has 1 fully saturated rings. The molecule has 3 aromatic heterocycles. The molecule has 1 aromatic carbocycles. The van der Waals surface area contributed by atoms with Crippen LogP contribution >= 0.6 is 11.3 Å². The summed E-state index contributed by atoms with van der Waals surface area (Å²) in [4.78, 5) is 16.1. The number of pyridine rings is 1. The van der Waals surface area contributed by atoms with E-state index >= 15 is 0 Å². The van der Waals surface area contributed by atoms with Gasteiger partial charge in [0.05, 0.1) is 5.69 Å². The molecule has 1 aliphatic carbocycles. The maximum atomic E-state index is 6.37. The monoisotopic (exact) mass is 560 g/mol. The van der Waals surface area contributed by atoms with Crippen LogP contribution in [0, 0.1) is 0 Å². The number of hydrogen-bond acceptors (Lipinski definition) is 6. The molecule has 4 aromatic rings. The molecule has 0 amide bonds. The minimum absolute atomic E-state index is 0.656. The average Bonchev–Trinajstić information content (AvgIpc) is 3.63. The van der Waals surface area contributed by atoms with E-state index < -0.39 is 0 Å². The smallest absolute Gasteiger partial charge is 0.138 e. The predicted octanol–water partition coefficient (Wildman–Crippen LogP) is 6.27. The van der Waals surface area contributed by atoms with Crippen molar-refractivity contribution in [2.24, 2.45) is 5.73 Å². The first-order valence-corrected chi connectivity index (χ1v) is 15.6. The van der Waals surface area contributed by atoms with Crippen molar-refractivity contribution in [2.45, 2.75) is 45.2 Å². The van der Waals surface area contributed by atoms with Crippen LogP contribution in [0.25, 0.3) is 22.3 Å². The number of nitrogens with one attached hydrogen (secondary N) is 2. The van der Waals surface area contributed by atoms with Gasteiger partial charge in [-0.2, -0.15) is 11.3 Å².